The van der Waals surface area contributed by atoms with E-state index in [9.17, 15) is 9.59 Å². The van der Waals surface area contributed by atoms with Gasteiger partial charge in [-0.15, -0.1) is 0 Å². The average molecular weight is 350 g/mol. The summed E-state index contributed by atoms with van der Waals surface area (Å²) in [6.45, 7) is 5.53. The molecule has 4 nitrogen and oxygen atoms in total. The van der Waals surface area contributed by atoms with Gasteiger partial charge in [0.25, 0.3) is 0 Å². The number of carbonyl (C=O) groups excluding carboxylic acids is 2. The first-order valence-corrected chi connectivity index (χ1v) is 9.00. The van der Waals surface area contributed by atoms with Crippen LogP contribution in [0.5, 0.6) is 0 Å². The third kappa shape index (κ3) is 6.51. The van der Waals surface area contributed by atoms with Crippen LogP contribution in [0.3, 0.4) is 0 Å². The van der Waals surface area contributed by atoms with E-state index in [-0.39, 0.29) is 4.76 Å². The molecule has 0 amide bonds. The van der Waals surface area contributed by atoms with Crippen molar-refractivity contribution < 1.29 is 19.1 Å². The Morgan fingerprint density at radius 2 is 1.90 bits per heavy atom. The van der Waals surface area contributed by atoms with Crippen LogP contribution in [0.1, 0.15) is 36.7 Å². The first kappa shape index (κ1) is 17.3. The van der Waals surface area contributed by atoms with E-state index in [1.54, 1.807) is 24.3 Å². The number of benzene rings is 1. The molecule has 0 aliphatic rings. The summed E-state index contributed by atoms with van der Waals surface area (Å²) in [6, 6.07) is 6.99. The van der Waals surface area contributed by atoms with Gasteiger partial charge in [0, 0.05) is 0 Å². The molecule has 0 saturated heterocycles. The van der Waals surface area contributed by atoms with Gasteiger partial charge in [-0.2, -0.15) is 0 Å². The Kier molecular flexibility index (Phi) is 6.52. The van der Waals surface area contributed by atoms with Gasteiger partial charge in [-0.25, -0.2) is 0 Å². The average Bonchev–Trinajstić information content (AvgIpc) is 2.41. The fraction of sp³-hybridized carbons (Fsp3) is 0.375. The maximum atomic E-state index is 11.6. The normalized spacial score (nSPS) is 10.9. The number of methoxy groups -OCH3 is 1. The molecule has 1 aromatic rings. The summed E-state index contributed by atoms with van der Waals surface area (Å²) in [5.41, 5.74) is 0.593. The minimum atomic E-state index is -0.920. The van der Waals surface area contributed by atoms with Crippen LogP contribution in [0, 0.1) is 11.8 Å². The number of rotatable bonds is 3. The van der Waals surface area contributed by atoms with Crippen LogP contribution >= 0.6 is 0 Å². The molecule has 21 heavy (non-hydrogen) atoms. The molecular formula is C16H19AsO4. The quantitative estimate of drug-likeness (QED) is 0.478. The van der Waals surface area contributed by atoms with Crippen molar-refractivity contribution >= 4 is 26.5 Å². The zero-order chi connectivity index (χ0) is 15.9. The van der Waals surface area contributed by atoms with Gasteiger partial charge in [-0.1, -0.05) is 0 Å². The molecule has 1 aromatic carbocycles. The molecule has 1 atom stereocenters. The van der Waals surface area contributed by atoms with E-state index < -0.39 is 27.3 Å². The Morgan fingerprint density at radius 3 is 2.52 bits per heavy atom. The first-order chi connectivity index (χ1) is 9.83. The van der Waals surface area contributed by atoms with Gasteiger partial charge < -0.3 is 0 Å². The van der Waals surface area contributed by atoms with Crippen molar-refractivity contribution in [2.75, 3.05) is 7.11 Å². The Balaban J connectivity index is 2.64. The number of hydrogen-bond donors (Lipinski definition) is 0. The predicted octanol–water partition coefficient (Wildman–Crippen LogP) is 2.61. The molecule has 0 aliphatic heterocycles. The van der Waals surface area contributed by atoms with Gasteiger partial charge in [0.2, 0.25) is 0 Å². The van der Waals surface area contributed by atoms with E-state index in [2.05, 4.69) is 11.8 Å². The SMILES string of the molecule is COC(=O)c1ccccc1C#CC[AsH]C(=O)OC(C)(C)C. The second kappa shape index (κ2) is 7.90. The molecule has 0 radical (unpaired) electrons. The molecule has 0 fully saturated rings. The molecule has 5 heteroatoms. The summed E-state index contributed by atoms with van der Waals surface area (Å²) in [6.07, 6.45) is 0. The molecule has 0 N–H and O–H groups in total. The number of esters is 1. The second-order valence-corrected chi connectivity index (χ2v) is 7.53. The summed E-state index contributed by atoms with van der Waals surface area (Å²) < 4.78 is 9.79. The first-order valence-electron chi connectivity index (χ1n) is 6.46. The van der Waals surface area contributed by atoms with Crippen LogP contribution < -0.4 is 0 Å². The van der Waals surface area contributed by atoms with Gasteiger partial charge in [-0.3, -0.25) is 0 Å². The van der Waals surface area contributed by atoms with Crippen molar-refractivity contribution in [3.8, 4) is 11.8 Å². The van der Waals surface area contributed by atoms with Crippen LogP contribution in [0.15, 0.2) is 24.3 Å². The third-order valence-corrected chi connectivity index (χ3v) is 3.84. The summed E-state index contributed by atoms with van der Waals surface area (Å²) in [4.78, 5) is 23.2. The Morgan fingerprint density at radius 1 is 1.24 bits per heavy atom. The van der Waals surface area contributed by atoms with Crippen molar-refractivity contribution in [2.24, 2.45) is 0 Å². The van der Waals surface area contributed by atoms with Crippen molar-refractivity contribution in [1.82, 2.24) is 0 Å². The Hall–Kier alpha value is -1.72. The van der Waals surface area contributed by atoms with E-state index >= 15 is 0 Å². The van der Waals surface area contributed by atoms with Crippen LogP contribution in [0.2, 0.25) is 5.21 Å². The number of carbonyl (C=O) groups is 2. The Labute approximate surface area is 131 Å². The van der Waals surface area contributed by atoms with E-state index in [0.717, 1.165) is 0 Å². The van der Waals surface area contributed by atoms with Crippen LogP contribution in [0.4, 0.5) is 4.79 Å². The van der Waals surface area contributed by atoms with Crippen LogP contribution in [-0.4, -0.2) is 39.2 Å². The molecule has 1 unspecified atom stereocenters. The zero-order valence-corrected chi connectivity index (χ0v) is 14.7. The fourth-order valence-corrected chi connectivity index (χ4v) is 2.92. The third-order valence-electron chi connectivity index (χ3n) is 2.28. The molecule has 0 aromatic heterocycles. The minimum absolute atomic E-state index is 0.155. The van der Waals surface area contributed by atoms with E-state index in [0.29, 0.717) is 16.3 Å². The zero-order valence-electron chi connectivity index (χ0n) is 12.6. The molecule has 112 valence electrons. The van der Waals surface area contributed by atoms with E-state index in [4.69, 9.17) is 9.47 Å². The van der Waals surface area contributed by atoms with Gasteiger partial charge in [0.05, 0.1) is 0 Å². The molecular weight excluding hydrogens is 331 g/mol. The molecule has 0 aliphatic carbocycles. The van der Waals surface area contributed by atoms with Gasteiger partial charge in [0.1, 0.15) is 0 Å². The van der Waals surface area contributed by atoms with Crippen LogP contribution in [-0.2, 0) is 9.47 Å². The maximum absolute atomic E-state index is 11.6. The molecule has 0 saturated carbocycles. The van der Waals surface area contributed by atoms with Gasteiger partial charge in [0.15, 0.2) is 0 Å². The van der Waals surface area contributed by atoms with Crippen LogP contribution in [0.25, 0.3) is 0 Å². The van der Waals surface area contributed by atoms with E-state index in [1.165, 1.54) is 7.11 Å². The molecule has 0 bridgehead atoms. The van der Waals surface area contributed by atoms with Crippen molar-refractivity contribution in [2.45, 2.75) is 31.6 Å². The Bertz CT molecular complexity index is 576. The summed E-state index contributed by atoms with van der Waals surface area (Å²) >= 11 is -0.920. The molecule has 0 heterocycles. The summed E-state index contributed by atoms with van der Waals surface area (Å²) in [7, 11) is 1.33. The number of hydrogen-bond acceptors (Lipinski definition) is 4. The van der Waals surface area contributed by atoms with E-state index in [1.807, 2.05) is 20.8 Å². The van der Waals surface area contributed by atoms with Crippen molar-refractivity contribution in [3.05, 3.63) is 35.4 Å². The van der Waals surface area contributed by atoms with Crippen molar-refractivity contribution in [1.29, 1.82) is 0 Å². The monoisotopic (exact) mass is 350 g/mol. The standard InChI is InChI=1S/C16H19AsO4/c1-16(2,3)21-15(19)17-11-7-9-12-8-5-6-10-13(12)14(18)20-4/h5-6,8,10,17H,11H2,1-4H3. The fourth-order valence-electron chi connectivity index (χ4n) is 1.45. The summed E-state index contributed by atoms with van der Waals surface area (Å²) in [5, 5.41) is 0.504. The summed E-state index contributed by atoms with van der Waals surface area (Å²) in [5.74, 6) is 5.44. The van der Waals surface area contributed by atoms with Crippen molar-refractivity contribution in [3.63, 3.8) is 0 Å². The topological polar surface area (TPSA) is 52.6 Å². The second-order valence-electron chi connectivity index (χ2n) is 5.19. The van der Waals surface area contributed by atoms with Gasteiger partial charge >= 0.3 is 131 Å². The molecule has 1 rings (SSSR count). The molecule has 0 spiro atoms. The number of ether oxygens (including phenoxy) is 2. The van der Waals surface area contributed by atoms with Gasteiger partial charge in [-0.05, 0) is 0 Å². The predicted molar refractivity (Wildman–Crippen MR) is 82.8 cm³/mol.